The van der Waals surface area contributed by atoms with E-state index < -0.39 is 0 Å². The summed E-state index contributed by atoms with van der Waals surface area (Å²) in [7, 11) is 0. The average molecular weight is 375 g/mol. The van der Waals surface area contributed by atoms with Gasteiger partial charge in [-0.2, -0.15) is 5.10 Å². The number of aromatic amines is 1. The number of amides is 1. The third kappa shape index (κ3) is 3.20. The van der Waals surface area contributed by atoms with Gasteiger partial charge in [0.1, 0.15) is 11.4 Å². The van der Waals surface area contributed by atoms with Crippen LogP contribution >= 0.6 is 0 Å². The van der Waals surface area contributed by atoms with Crippen molar-refractivity contribution in [3.05, 3.63) is 64.2 Å². The summed E-state index contributed by atoms with van der Waals surface area (Å²) in [5.41, 5.74) is 15.3. The predicted molar refractivity (Wildman–Crippen MR) is 109 cm³/mol. The summed E-state index contributed by atoms with van der Waals surface area (Å²) in [4.78, 5) is 26.5. The van der Waals surface area contributed by atoms with Crippen LogP contribution in [0.4, 0.5) is 11.4 Å². The molecule has 0 aliphatic heterocycles. The number of carbonyl (C=O) groups is 1. The molecule has 28 heavy (non-hydrogen) atoms. The second-order valence-corrected chi connectivity index (χ2v) is 6.41. The number of benzene rings is 2. The Bertz CT molecular complexity index is 1160. The second kappa shape index (κ2) is 6.95. The highest BCUT2D eigenvalue weighted by Crippen LogP contribution is 2.28. The van der Waals surface area contributed by atoms with E-state index in [1.165, 1.54) is 0 Å². The Morgan fingerprint density at radius 3 is 2.75 bits per heavy atom. The first kappa shape index (κ1) is 17.4. The molecule has 9 heteroatoms. The van der Waals surface area contributed by atoms with Gasteiger partial charge in [-0.05, 0) is 47.8 Å². The molecule has 4 rings (SSSR count). The second-order valence-electron chi connectivity index (χ2n) is 6.41. The topological polar surface area (TPSA) is 151 Å². The van der Waals surface area contributed by atoms with Gasteiger partial charge in [-0.1, -0.05) is 18.2 Å². The predicted octanol–water partition coefficient (Wildman–Crippen LogP) is 2.74. The number of nitrogens with zero attached hydrogens (tertiary/aromatic N) is 3. The molecule has 0 saturated carbocycles. The van der Waals surface area contributed by atoms with Crippen LogP contribution in [0, 0.1) is 4.91 Å². The number of aromatic nitrogens is 1. The minimum Gasteiger partial charge on any atom is -0.369 e. The molecule has 0 bridgehead atoms. The Labute approximate surface area is 159 Å². The highest BCUT2D eigenvalue weighted by molar-refractivity contribution is 6.08. The molecule has 0 saturated heterocycles. The number of H-pyrrole nitrogens is 1. The summed E-state index contributed by atoms with van der Waals surface area (Å²) in [6.45, 7) is 0. The monoisotopic (exact) mass is 375 g/mol. The first-order valence-electron chi connectivity index (χ1n) is 8.60. The van der Waals surface area contributed by atoms with Crippen LogP contribution in [0.1, 0.15) is 28.0 Å². The molecular formula is C19H17N7O2. The van der Waals surface area contributed by atoms with Gasteiger partial charge in [-0.3, -0.25) is 4.79 Å². The van der Waals surface area contributed by atoms with Crippen molar-refractivity contribution >= 4 is 39.9 Å². The molecular weight excluding hydrogens is 358 g/mol. The summed E-state index contributed by atoms with van der Waals surface area (Å²) >= 11 is 0. The summed E-state index contributed by atoms with van der Waals surface area (Å²) in [5, 5.41) is 14.4. The number of carbonyl (C=O) groups excluding carboxylic acids is 1. The molecule has 2 aromatic carbocycles. The fourth-order valence-electron chi connectivity index (χ4n) is 3.31. The molecule has 3 aromatic rings. The van der Waals surface area contributed by atoms with Crippen molar-refractivity contribution in [2.45, 2.75) is 12.8 Å². The number of aryl methyl sites for hydroxylation is 1. The lowest BCUT2D eigenvalue weighted by atomic mass is 10.1. The van der Waals surface area contributed by atoms with Gasteiger partial charge in [-0.25, -0.2) is 0 Å². The van der Waals surface area contributed by atoms with Crippen LogP contribution < -0.4 is 16.8 Å². The van der Waals surface area contributed by atoms with Crippen molar-refractivity contribution in [3.63, 3.8) is 0 Å². The molecule has 1 heterocycles. The number of hydrogen-bond donors (Lipinski definition) is 4. The van der Waals surface area contributed by atoms with E-state index in [0.717, 1.165) is 35.1 Å². The molecule has 0 spiro atoms. The van der Waals surface area contributed by atoms with E-state index in [2.05, 4.69) is 25.7 Å². The first-order chi connectivity index (χ1) is 13.5. The van der Waals surface area contributed by atoms with Gasteiger partial charge in [0.25, 0.3) is 5.91 Å². The third-order valence-corrected chi connectivity index (χ3v) is 4.57. The van der Waals surface area contributed by atoms with Gasteiger partial charge in [0.15, 0.2) is 0 Å². The van der Waals surface area contributed by atoms with Crippen LogP contribution in [-0.2, 0) is 6.42 Å². The maximum Gasteiger partial charge on any atom is 0.272 e. The highest BCUT2D eigenvalue weighted by Gasteiger charge is 2.19. The molecule has 0 fully saturated rings. The summed E-state index contributed by atoms with van der Waals surface area (Å²) in [6.07, 6.45) is 1.52. The Morgan fingerprint density at radius 2 is 1.96 bits per heavy atom. The molecule has 1 aromatic heterocycles. The number of guanidine groups is 1. The van der Waals surface area contributed by atoms with Crippen molar-refractivity contribution in [2.24, 2.45) is 26.8 Å². The quantitative estimate of drug-likeness (QED) is 0.240. The molecule has 6 N–H and O–H groups in total. The van der Waals surface area contributed by atoms with Crippen LogP contribution in [0.15, 0.2) is 57.8 Å². The SMILES string of the molecule is NC(N)=N/N=C1\CCc2cc(NC(=O)c3cc4cccc(N=O)c4[nH]3)ccc21. The lowest BCUT2D eigenvalue weighted by Gasteiger charge is -2.06. The van der Waals surface area contributed by atoms with Crippen molar-refractivity contribution in [3.8, 4) is 0 Å². The minimum atomic E-state index is -0.305. The van der Waals surface area contributed by atoms with Crippen molar-refractivity contribution in [2.75, 3.05) is 5.32 Å². The van der Waals surface area contributed by atoms with Gasteiger partial charge >= 0.3 is 0 Å². The number of nitrogens with one attached hydrogen (secondary N) is 2. The van der Waals surface area contributed by atoms with Gasteiger partial charge < -0.3 is 21.8 Å². The van der Waals surface area contributed by atoms with Gasteiger partial charge in [0.2, 0.25) is 5.96 Å². The number of nitrogens with two attached hydrogens (primary N) is 2. The number of rotatable bonds is 4. The lowest BCUT2D eigenvalue weighted by Crippen LogP contribution is -2.22. The molecule has 0 atom stereocenters. The van der Waals surface area contributed by atoms with Gasteiger partial charge in [-0.15, -0.1) is 10.0 Å². The van der Waals surface area contributed by atoms with Crippen LogP contribution in [0.5, 0.6) is 0 Å². The fourth-order valence-corrected chi connectivity index (χ4v) is 3.31. The van der Waals surface area contributed by atoms with Crippen LogP contribution in [0.2, 0.25) is 0 Å². The fraction of sp³-hybridized carbons (Fsp3) is 0.105. The third-order valence-electron chi connectivity index (χ3n) is 4.57. The standard InChI is InChI=1S/C19H17N7O2/c20-19(21)25-24-14-7-4-10-8-12(5-6-13(10)14)22-18(27)16-9-11-2-1-3-15(26-28)17(11)23-16/h1-3,5-6,8-9,23H,4,7H2,(H,22,27)(H4,20,21,25)/b24-14+. The van der Waals surface area contributed by atoms with Crippen LogP contribution in [-0.4, -0.2) is 22.6 Å². The van der Waals surface area contributed by atoms with E-state index in [1.807, 2.05) is 18.2 Å². The van der Waals surface area contributed by atoms with E-state index >= 15 is 0 Å². The number of fused-ring (bicyclic) bond motifs is 2. The van der Waals surface area contributed by atoms with E-state index in [1.54, 1.807) is 24.3 Å². The maximum atomic E-state index is 12.6. The zero-order chi connectivity index (χ0) is 19.7. The zero-order valence-corrected chi connectivity index (χ0v) is 14.8. The summed E-state index contributed by atoms with van der Waals surface area (Å²) in [5.74, 6) is -0.392. The Hall–Kier alpha value is -4.01. The molecule has 0 unspecified atom stereocenters. The van der Waals surface area contributed by atoms with Crippen LogP contribution in [0.3, 0.4) is 0 Å². The van der Waals surface area contributed by atoms with E-state index in [4.69, 9.17) is 11.5 Å². The van der Waals surface area contributed by atoms with E-state index in [-0.39, 0.29) is 17.6 Å². The van der Waals surface area contributed by atoms with E-state index in [0.29, 0.717) is 16.9 Å². The number of para-hydroxylation sites is 1. The summed E-state index contributed by atoms with van der Waals surface area (Å²) < 4.78 is 0. The van der Waals surface area contributed by atoms with Gasteiger partial charge in [0, 0.05) is 16.6 Å². The molecule has 140 valence electrons. The Morgan fingerprint density at radius 1 is 1.11 bits per heavy atom. The van der Waals surface area contributed by atoms with Crippen molar-refractivity contribution in [1.29, 1.82) is 0 Å². The van der Waals surface area contributed by atoms with Crippen molar-refractivity contribution < 1.29 is 4.79 Å². The molecule has 1 amide bonds. The largest absolute Gasteiger partial charge is 0.369 e. The van der Waals surface area contributed by atoms with Crippen molar-refractivity contribution in [1.82, 2.24) is 4.98 Å². The zero-order valence-electron chi connectivity index (χ0n) is 14.8. The normalized spacial score (nSPS) is 14.1. The number of nitroso groups, excluding NO2 is 1. The summed E-state index contributed by atoms with van der Waals surface area (Å²) in [6, 6.07) is 12.4. The smallest absolute Gasteiger partial charge is 0.272 e. The first-order valence-corrected chi connectivity index (χ1v) is 8.60. The number of hydrogen-bond acceptors (Lipinski definition) is 5. The maximum absolute atomic E-state index is 12.6. The Kier molecular flexibility index (Phi) is 4.32. The number of anilines is 1. The molecule has 9 nitrogen and oxygen atoms in total. The average Bonchev–Trinajstić information content (AvgIpc) is 3.29. The van der Waals surface area contributed by atoms with E-state index in [9.17, 15) is 9.70 Å². The minimum absolute atomic E-state index is 0.0869. The Balaban J connectivity index is 1.57. The molecule has 1 aliphatic rings. The highest BCUT2D eigenvalue weighted by atomic mass is 16.3. The van der Waals surface area contributed by atoms with Gasteiger partial charge in [0.05, 0.1) is 11.2 Å². The molecule has 1 aliphatic carbocycles. The molecule has 0 radical (unpaired) electrons. The van der Waals surface area contributed by atoms with Crippen LogP contribution in [0.25, 0.3) is 10.9 Å². The lowest BCUT2D eigenvalue weighted by molar-refractivity contribution is 0.102.